The largest absolute Gasteiger partial charge is 0.494 e. The van der Waals surface area contributed by atoms with Crippen LogP contribution in [0.15, 0.2) is 94.6 Å². The van der Waals surface area contributed by atoms with Crippen LogP contribution in [0.5, 0.6) is 5.75 Å². The summed E-state index contributed by atoms with van der Waals surface area (Å²) in [4.78, 5) is 30.6. The van der Waals surface area contributed by atoms with E-state index in [1.165, 1.54) is 4.52 Å². The zero-order valence-corrected chi connectivity index (χ0v) is 22.8. The molecule has 0 aliphatic rings. The zero-order valence-electron chi connectivity index (χ0n) is 21.9. The van der Waals surface area contributed by atoms with Gasteiger partial charge in [0.25, 0.3) is 5.56 Å². The molecule has 0 radical (unpaired) electrons. The third-order valence-corrected chi connectivity index (χ3v) is 7.37. The summed E-state index contributed by atoms with van der Waals surface area (Å²) in [6.07, 6.45) is 4.62. The molecule has 3 aromatic carbocycles. The molecule has 3 heterocycles. The van der Waals surface area contributed by atoms with E-state index >= 15 is 0 Å². The van der Waals surface area contributed by atoms with Gasteiger partial charge < -0.3 is 4.74 Å². The summed E-state index contributed by atoms with van der Waals surface area (Å²) in [7, 11) is 0. The first-order valence-electron chi connectivity index (χ1n) is 12.9. The Morgan fingerprint density at radius 2 is 1.68 bits per heavy atom. The molecule has 8 nitrogen and oxygen atoms in total. The smallest absolute Gasteiger partial charge is 0.300 e. The normalized spacial score (nSPS) is 11.8. The number of thiazole rings is 1. The number of rotatable bonds is 7. The third kappa shape index (κ3) is 4.83. The van der Waals surface area contributed by atoms with Crippen molar-refractivity contribution in [3.05, 3.63) is 121 Å². The highest BCUT2D eigenvalue weighted by Gasteiger charge is 2.16. The molecule has 6 rings (SSSR count). The van der Waals surface area contributed by atoms with Crippen molar-refractivity contribution in [1.82, 2.24) is 24.4 Å². The van der Waals surface area contributed by atoms with E-state index in [1.54, 1.807) is 22.9 Å². The van der Waals surface area contributed by atoms with Crippen LogP contribution in [-0.2, 0) is 0 Å². The number of ether oxygens (including phenoxy) is 1. The lowest BCUT2D eigenvalue weighted by Gasteiger charge is -2.09. The van der Waals surface area contributed by atoms with Gasteiger partial charge in [0.05, 0.1) is 16.8 Å². The van der Waals surface area contributed by atoms with Crippen LogP contribution >= 0.6 is 11.3 Å². The van der Waals surface area contributed by atoms with Gasteiger partial charge in [0.1, 0.15) is 11.4 Å². The Morgan fingerprint density at radius 3 is 2.40 bits per heavy atom. The van der Waals surface area contributed by atoms with E-state index in [-0.39, 0.29) is 16.2 Å². The Balaban J connectivity index is 1.52. The van der Waals surface area contributed by atoms with Crippen LogP contribution in [0.25, 0.3) is 39.2 Å². The molecule has 0 saturated carbocycles. The minimum atomic E-state index is -0.474. The molecule has 0 N–H and O–H groups in total. The Bertz CT molecular complexity index is 2000. The van der Waals surface area contributed by atoms with Gasteiger partial charge in [-0.1, -0.05) is 66.8 Å². The predicted octanol–water partition coefficient (Wildman–Crippen LogP) is 4.68. The maximum atomic E-state index is 13.5. The van der Waals surface area contributed by atoms with E-state index in [0.29, 0.717) is 16.7 Å². The van der Waals surface area contributed by atoms with Gasteiger partial charge in [-0.25, -0.2) is 4.68 Å². The monoisotopic (exact) mass is 547 g/mol. The van der Waals surface area contributed by atoms with Crippen molar-refractivity contribution < 1.29 is 4.74 Å². The number of aryl methyl sites for hydroxylation is 1. The maximum absolute atomic E-state index is 13.5. The average Bonchev–Trinajstić information content (AvgIpc) is 3.52. The summed E-state index contributed by atoms with van der Waals surface area (Å²) in [6, 6.07) is 24.7. The SMILES string of the molecule is CCCOc1ccc(-c2nn(-c3ccccc3)cc2C=c2sc3nc(=O)c(-c4ccccc4)nn3c2=O)c(C)c1. The number of hydrogen-bond acceptors (Lipinski definition) is 7. The fourth-order valence-corrected chi connectivity index (χ4v) is 5.35. The van der Waals surface area contributed by atoms with Gasteiger partial charge >= 0.3 is 5.56 Å². The molecular formula is C31H25N5O3S. The minimum Gasteiger partial charge on any atom is -0.494 e. The molecule has 0 atom stereocenters. The molecule has 0 saturated heterocycles. The second-order valence-corrected chi connectivity index (χ2v) is 10.3. The molecule has 0 aliphatic carbocycles. The highest BCUT2D eigenvalue weighted by atomic mass is 32.1. The van der Waals surface area contributed by atoms with Gasteiger partial charge in [-0.3, -0.25) is 9.59 Å². The molecule has 0 spiro atoms. The Kier molecular flexibility index (Phi) is 6.79. The topological polar surface area (TPSA) is 91.4 Å². The molecule has 198 valence electrons. The van der Waals surface area contributed by atoms with Crippen molar-refractivity contribution >= 4 is 22.4 Å². The van der Waals surface area contributed by atoms with Gasteiger partial charge in [-0.05, 0) is 55.3 Å². The van der Waals surface area contributed by atoms with E-state index in [1.807, 2.05) is 79.9 Å². The molecule has 0 unspecified atom stereocenters. The molecule has 6 aromatic rings. The van der Waals surface area contributed by atoms with Gasteiger partial charge in [-0.2, -0.15) is 19.7 Å². The molecule has 3 aromatic heterocycles. The second kappa shape index (κ2) is 10.7. The van der Waals surface area contributed by atoms with Crippen LogP contribution < -0.4 is 20.4 Å². The van der Waals surface area contributed by atoms with Crippen LogP contribution in [0, 0.1) is 6.92 Å². The van der Waals surface area contributed by atoms with E-state index in [2.05, 4.69) is 17.0 Å². The van der Waals surface area contributed by atoms with Crippen molar-refractivity contribution in [2.45, 2.75) is 20.3 Å². The number of para-hydroxylation sites is 1. The molecule has 0 amide bonds. The summed E-state index contributed by atoms with van der Waals surface area (Å²) < 4.78 is 9.21. The van der Waals surface area contributed by atoms with E-state index < -0.39 is 5.56 Å². The summed E-state index contributed by atoms with van der Waals surface area (Å²) in [6.45, 7) is 4.74. The molecule has 0 aliphatic heterocycles. The summed E-state index contributed by atoms with van der Waals surface area (Å²) in [5.41, 5.74) is 4.23. The summed E-state index contributed by atoms with van der Waals surface area (Å²) in [5, 5.41) is 9.28. The third-order valence-electron chi connectivity index (χ3n) is 6.41. The van der Waals surface area contributed by atoms with Gasteiger partial charge in [0, 0.05) is 22.9 Å². The molecular weight excluding hydrogens is 522 g/mol. The lowest BCUT2D eigenvalue weighted by molar-refractivity contribution is 0.317. The number of benzene rings is 3. The Labute approximate surface area is 233 Å². The van der Waals surface area contributed by atoms with Crippen molar-refractivity contribution in [1.29, 1.82) is 0 Å². The highest BCUT2D eigenvalue weighted by Crippen LogP contribution is 2.30. The first-order chi connectivity index (χ1) is 19.5. The van der Waals surface area contributed by atoms with Crippen LogP contribution in [0.3, 0.4) is 0 Å². The first-order valence-corrected chi connectivity index (χ1v) is 13.7. The van der Waals surface area contributed by atoms with Crippen LogP contribution in [0.2, 0.25) is 0 Å². The van der Waals surface area contributed by atoms with E-state index in [4.69, 9.17) is 9.84 Å². The number of aromatic nitrogens is 5. The number of hydrogen-bond donors (Lipinski definition) is 0. The fraction of sp³-hybridized carbons (Fsp3) is 0.129. The Morgan fingerprint density at radius 1 is 0.925 bits per heavy atom. The van der Waals surface area contributed by atoms with Crippen molar-refractivity contribution in [3.63, 3.8) is 0 Å². The van der Waals surface area contributed by atoms with Gasteiger partial charge in [0.2, 0.25) is 4.96 Å². The first kappa shape index (κ1) is 25.4. The zero-order chi connectivity index (χ0) is 27.6. The Hall–Kier alpha value is -4.89. The van der Waals surface area contributed by atoms with Crippen molar-refractivity contribution in [3.8, 4) is 34.0 Å². The van der Waals surface area contributed by atoms with Crippen molar-refractivity contribution in [2.75, 3.05) is 6.61 Å². The lowest BCUT2D eigenvalue weighted by Crippen LogP contribution is -2.26. The molecule has 40 heavy (non-hydrogen) atoms. The fourth-order valence-electron chi connectivity index (χ4n) is 4.45. The standard InChI is InChI=1S/C31H25N5O3S/c1-3-16-39-24-14-15-25(20(2)17-24)27-22(19-35(33-27)23-12-8-5-9-13-23)18-26-30(38)36-31(40-26)32-29(37)28(34-36)21-10-6-4-7-11-21/h4-15,17-19H,3,16H2,1-2H3. The summed E-state index contributed by atoms with van der Waals surface area (Å²) in [5.74, 6) is 0.804. The average molecular weight is 548 g/mol. The molecule has 9 heteroatoms. The van der Waals surface area contributed by atoms with Crippen LogP contribution in [-0.4, -0.2) is 31.0 Å². The maximum Gasteiger partial charge on any atom is 0.300 e. The van der Waals surface area contributed by atoms with Crippen molar-refractivity contribution in [2.24, 2.45) is 0 Å². The molecule has 0 fully saturated rings. The van der Waals surface area contributed by atoms with Crippen LogP contribution in [0.4, 0.5) is 0 Å². The molecule has 0 bridgehead atoms. The van der Waals surface area contributed by atoms with Crippen LogP contribution in [0.1, 0.15) is 24.5 Å². The lowest BCUT2D eigenvalue weighted by atomic mass is 10.0. The van der Waals surface area contributed by atoms with Gasteiger partial charge in [-0.15, -0.1) is 0 Å². The predicted molar refractivity (Wildman–Crippen MR) is 157 cm³/mol. The van der Waals surface area contributed by atoms with Gasteiger partial charge in [0.15, 0.2) is 5.69 Å². The van der Waals surface area contributed by atoms with E-state index in [0.717, 1.165) is 51.6 Å². The quantitative estimate of drug-likeness (QED) is 0.288. The highest BCUT2D eigenvalue weighted by molar-refractivity contribution is 7.15. The van der Waals surface area contributed by atoms with E-state index in [9.17, 15) is 9.59 Å². The number of nitrogens with zero attached hydrogens (tertiary/aromatic N) is 5. The number of fused-ring (bicyclic) bond motifs is 1. The second-order valence-electron chi connectivity index (χ2n) is 9.28. The summed E-state index contributed by atoms with van der Waals surface area (Å²) >= 11 is 1.13. The minimum absolute atomic E-state index is 0.137.